The minimum absolute atomic E-state index is 0.0215. The van der Waals surface area contributed by atoms with Crippen molar-refractivity contribution in [2.45, 2.75) is 32.7 Å². The van der Waals surface area contributed by atoms with Crippen LogP contribution in [0.25, 0.3) is 0 Å². The Morgan fingerprint density at radius 1 is 1.39 bits per heavy atom. The summed E-state index contributed by atoms with van der Waals surface area (Å²) in [6.45, 7) is 5.71. The maximum Gasteiger partial charge on any atom is 0.314 e. The molecule has 3 atom stereocenters. The van der Waals surface area contributed by atoms with Crippen LogP contribution in [0.3, 0.4) is 0 Å². The topological polar surface area (TPSA) is 59.8 Å². The van der Waals surface area contributed by atoms with E-state index in [1.165, 1.54) is 0 Å². The lowest BCUT2D eigenvalue weighted by atomic mass is 9.97. The number of amides is 1. The number of hydrogen-bond acceptors (Lipinski definition) is 3. The van der Waals surface area contributed by atoms with Crippen molar-refractivity contribution in [1.29, 1.82) is 0 Å². The van der Waals surface area contributed by atoms with Crippen LogP contribution >= 0.6 is 15.9 Å². The number of ether oxygens (including phenoxy) is 1. The highest BCUT2D eigenvalue weighted by Gasteiger charge is 2.34. The van der Waals surface area contributed by atoms with Crippen molar-refractivity contribution in [2.24, 2.45) is 5.92 Å². The van der Waals surface area contributed by atoms with Gasteiger partial charge in [0, 0.05) is 10.2 Å². The number of benzene rings is 1. The molecular weight excluding hydrogens is 360 g/mol. The fraction of sp³-hybridized carbons (Fsp3) is 0.529. The van der Waals surface area contributed by atoms with Crippen LogP contribution in [-0.2, 0) is 14.3 Å². The van der Waals surface area contributed by atoms with E-state index in [1.807, 2.05) is 38.1 Å². The van der Waals surface area contributed by atoms with Crippen molar-refractivity contribution in [2.75, 3.05) is 25.0 Å². The Bertz CT molecular complexity index is 547. The lowest BCUT2D eigenvalue weighted by molar-refractivity contribution is -0.921. The summed E-state index contributed by atoms with van der Waals surface area (Å²) in [7, 11) is 0. The largest absolute Gasteiger partial charge is 0.466 e. The first-order valence-corrected chi connectivity index (χ1v) is 8.88. The van der Waals surface area contributed by atoms with Gasteiger partial charge in [0.05, 0.1) is 19.7 Å². The quantitative estimate of drug-likeness (QED) is 0.759. The van der Waals surface area contributed by atoms with Gasteiger partial charge in [0.15, 0.2) is 6.04 Å². The molecule has 2 rings (SSSR count). The van der Waals surface area contributed by atoms with E-state index in [2.05, 4.69) is 21.2 Å². The van der Waals surface area contributed by atoms with E-state index in [9.17, 15) is 9.59 Å². The summed E-state index contributed by atoms with van der Waals surface area (Å²) in [6, 6.07) is 7.31. The van der Waals surface area contributed by atoms with Crippen molar-refractivity contribution < 1.29 is 19.2 Å². The third kappa shape index (κ3) is 5.04. The van der Waals surface area contributed by atoms with Gasteiger partial charge in [0.25, 0.3) is 5.91 Å². The summed E-state index contributed by atoms with van der Waals surface area (Å²) < 4.78 is 6.09. The molecule has 0 aromatic heterocycles. The van der Waals surface area contributed by atoms with E-state index in [4.69, 9.17) is 4.74 Å². The number of carbonyl (C=O) groups is 2. The van der Waals surface area contributed by atoms with Gasteiger partial charge in [0.2, 0.25) is 0 Å². The molecule has 23 heavy (non-hydrogen) atoms. The molecule has 126 valence electrons. The van der Waals surface area contributed by atoms with Crippen molar-refractivity contribution in [3.8, 4) is 0 Å². The molecule has 1 aromatic carbocycles. The number of quaternary nitrogens is 1. The van der Waals surface area contributed by atoms with Crippen LogP contribution in [0.5, 0.6) is 0 Å². The first kappa shape index (κ1) is 17.9. The third-order valence-electron chi connectivity index (χ3n) is 4.30. The zero-order valence-corrected chi connectivity index (χ0v) is 15.2. The third-order valence-corrected chi connectivity index (χ3v) is 4.83. The second-order valence-corrected chi connectivity index (χ2v) is 6.84. The molecule has 5 nitrogen and oxygen atoms in total. The van der Waals surface area contributed by atoms with Crippen LogP contribution in [0.15, 0.2) is 28.7 Å². The fourth-order valence-electron chi connectivity index (χ4n) is 2.92. The minimum Gasteiger partial charge on any atom is -0.466 e. The summed E-state index contributed by atoms with van der Waals surface area (Å²) in [5.41, 5.74) is 0.781. The maximum atomic E-state index is 12.4. The number of likely N-dealkylation sites (tertiary alicyclic amines) is 1. The predicted octanol–water partition coefficient (Wildman–Crippen LogP) is 1.63. The smallest absolute Gasteiger partial charge is 0.314 e. The van der Waals surface area contributed by atoms with Crippen molar-refractivity contribution in [3.63, 3.8) is 0 Å². The van der Waals surface area contributed by atoms with E-state index in [1.54, 1.807) is 0 Å². The number of halogens is 1. The van der Waals surface area contributed by atoms with Crippen LogP contribution in [0.1, 0.15) is 26.7 Å². The fourth-order valence-corrected chi connectivity index (χ4v) is 3.18. The Kier molecular flexibility index (Phi) is 6.59. The number of esters is 1. The Hall–Kier alpha value is -1.40. The molecule has 1 aliphatic rings. The monoisotopic (exact) mass is 383 g/mol. The Morgan fingerprint density at radius 2 is 2.09 bits per heavy atom. The minimum atomic E-state index is -0.198. The molecule has 1 aliphatic heterocycles. The molecule has 0 saturated carbocycles. The van der Waals surface area contributed by atoms with Crippen LogP contribution in [0.2, 0.25) is 0 Å². The van der Waals surface area contributed by atoms with E-state index < -0.39 is 0 Å². The van der Waals surface area contributed by atoms with Crippen molar-refractivity contribution >= 4 is 33.5 Å². The van der Waals surface area contributed by atoms with Crippen LogP contribution in [0.4, 0.5) is 5.69 Å². The predicted molar refractivity (Wildman–Crippen MR) is 92.3 cm³/mol. The standard InChI is InChI=1S/C17H23BrN2O3/c1-3-23-17(22)13-5-4-10-20(11-13)12(2)16(21)19-15-8-6-14(18)7-9-15/h6-9,12-13H,3-5,10-11H2,1-2H3,(H,19,21)/p+1/t12-,13-/m0/s1. The molecule has 0 bridgehead atoms. The zero-order valence-electron chi connectivity index (χ0n) is 13.6. The van der Waals surface area contributed by atoms with Gasteiger partial charge in [-0.2, -0.15) is 0 Å². The SMILES string of the molecule is CCOC(=O)[C@H]1CCC[NH+]([C@@H](C)C(=O)Nc2ccc(Br)cc2)C1. The summed E-state index contributed by atoms with van der Waals surface area (Å²) in [5.74, 6) is -0.251. The maximum absolute atomic E-state index is 12.4. The highest BCUT2D eigenvalue weighted by molar-refractivity contribution is 9.10. The van der Waals surface area contributed by atoms with Crippen LogP contribution in [-0.4, -0.2) is 37.6 Å². The average molecular weight is 384 g/mol. The molecular formula is C17H24BrN2O3+. The van der Waals surface area contributed by atoms with E-state index >= 15 is 0 Å². The highest BCUT2D eigenvalue weighted by atomic mass is 79.9. The first-order valence-electron chi connectivity index (χ1n) is 8.09. The summed E-state index contributed by atoms with van der Waals surface area (Å²) in [6.07, 6.45) is 1.79. The summed E-state index contributed by atoms with van der Waals surface area (Å²) in [5, 5.41) is 2.94. The van der Waals surface area contributed by atoms with Gasteiger partial charge in [-0.25, -0.2) is 0 Å². The van der Waals surface area contributed by atoms with Gasteiger partial charge in [-0.15, -0.1) is 0 Å². The van der Waals surface area contributed by atoms with Crippen molar-refractivity contribution in [3.05, 3.63) is 28.7 Å². The molecule has 1 heterocycles. The molecule has 1 unspecified atom stereocenters. The molecule has 1 amide bonds. The average Bonchev–Trinajstić information content (AvgIpc) is 2.56. The first-order chi connectivity index (χ1) is 11.0. The molecule has 1 saturated heterocycles. The molecule has 1 fully saturated rings. The van der Waals surface area contributed by atoms with Gasteiger partial charge in [0.1, 0.15) is 5.92 Å². The summed E-state index contributed by atoms with van der Waals surface area (Å²) in [4.78, 5) is 25.5. The lowest BCUT2D eigenvalue weighted by Gasteiger charge is -2.32. The zero-order chi connectivity index (χ0) is 16.8. The van der Waals surface area contributed by atoms with Gasteiger partial charge in [-0.1, -0.05) is 15.9 Å². The molecule has 0 aliphatic carbocycles. The Labute approximate surface area is 145 Å². The second-order valence-electron chi connectivity index (χ2n) is 5.92. The normalized spacial score (nSPS) is 22.2. The number of rotatable bonds is 5. The van der Waals surface area contributed by atoms with Gasteiger partial charge in [-0.05, 0) is 51.0 Å². The van der Waals surface area contributed by atoms with E-state index in [-0.39, 0.29) is 23.8 Å². The molecule has 2 N–H and O–H groups in total. The van der Waals surface area contributed by atoms with E-state index in [0.29, 0.717) is 13.2 Å². The van der Waals surface area contributed by atoms with Crippen LogP contribution in [0, 0.1) is 5.92 Å². The number of nitrogens with one attached hydrogen (secondary N) is 2. The molecule has 0 radical (unpaired) electrons. The number of anilines is 1. The highest BCUT2D eigenvalue weighted by Crippen LogP contribution is 2.14. The summed E-state index contributed by atoms with van der Waals surface area (Å²) >= 11 is 3.38. The number of carbonyl (C=O) groups excluding carboxylic acids is 2. The second kappa shape index (κ2) is 8.45. The molecule has 0 spiro atoms. The molecule has 1 aromatic rings. The Balaban J connectivity index is 1.93. The number of piperidine rings is 1. The lowest BCUT2D eigenvalue weighted by Crippen LogP contribution is -3.18. The van der Waals surface area contributed by atoms with E-state index in [0.717, 1.165) is 34.4 Å². The van der Waals surface area contributed by atoms with Crippen molar-refractivity contribution in [1.82, 2.24) is 0 Å². The van der Waals surface area contributed by atoms with Crippen LogP contribution < -0.4 is 10.2 Å². The van der Waals surface area contributed by atoms with Gasteiger partial charge in [-0.3, -0.25) is 9.59 Å². The number of hydrogen-bond donors (Lipinski definition) is 2. The Morgan fingerprint density at radius 3 is 2.74 bits per heavy atom. The van der Waals surface area contributed by atoms with Gasteiger partial charge < -0.3 is 15.0 Å². The molecule has 6 heteroatoms. The van der Waals surface area contributed by atoms with Gasteiger partial charge >= 0.3 is 5.97 Å².